The number of carboxylic acid groups (broad SMARTS) is 1. The van der Waals surface area contributed by atoms with Crippen LogP contribution in [0.2, 0.25) is 0 Å². The topological polar surface area (TPSA) is 78.9 Å². The van der Waals surface area contributed by atoms with E-state index in [-0.39, 0.29) is 23.7 Å². The fourth-order valence-electron chi connectivity index (χ4n) is 2.61. The first-order chi connectivity index (χ1) is 10.0. The zero-order valence-corrected chi connectivity index (χ0v) is 12.2. The van der Waals surface area contributed by atoms with Gasteiger partial charge in [0.2, 0.25) is 0 Å². The molecule has 2 atom stereocenters. The molecular weight excluding hydrogens is 272 g/mol. The third-order valence-electron chi connectivity index (χ3n) is 3.85. The lowest BCUT2D eigenvalue weighted by Gasteiger charge is -2.22. The minimum Gasteiger partial charge on any atom is -0.478 e. The smallest absolute Gasteiger partial charge is 0.337 e. The van der Waals surface area contributed by atoms with Crippen LogP contribution in [0.25, 0.3) is 0 Å². The van der Waals surface area contributed by atoms with E-state index in [1.165, 1.54) is 11.0 Å². The lowest BCUT2D eigenvalue weighted by Crippen LogP contribution is -2.43. The zero-order chi connectivity index (χ0) is 15.4. The van der Waals surface area contributed by atoms with Crippen LogP contribution in [0.5, 0.6) is 0 Å². The van der Waals surface area contributed by atoms with Crippen molar-refractivity contribution in [1.29, 1.82) is 0 Å². The molecule has 0 spiro atoms. The Morgan fingerprint density at radius 3 is 2.67 bits per heavy atom. The van der Waals surface area contributed by atoms with Gasteiger partial charge in [-0.2, -0.15) is 0 Å². The van der Waals surface area contributed by atoms with Crippen molar-refractivity contribution in [2.24, 2.45) is 0 Å². The van der Waals surface area contributed by atoms with Crippen LogP contribution in [-0.2, 0) is 4.74 Å². The average Bonchev–Trinajstić information content (AvgIpc) is 2.94. The zero-order valence-electron chi connectivity index (χ0n) is 12.2. The highest BCUT2D eigenvalue weighted by Crippen LogP contribution is 2.23. The number of aromatic carboxylic acids is 1. The quantitative estimate of drug-likeness (QED) is 0.890. The molecule has 2 amide bonds. The predicted molar refractivity (Wildman–Crippen MR) is 78.8 cm³/mol. The molecule has 0 bridgehead atoms. The van der Waals surface area contributed by atoms with E-state index in [0.717, 1.165) is 19.3 Å². The molecule has 21 heavy (non-hydrogen) atoms. The number of carbonyl (C=O) groups is 2. The maximum atomic E-state index is 12.3. The number of ether oxygens (including phenoxy) is 1. The van der Waals surface area contributed by atoms with Gasteiger partial charge in [0.1, 0.15) is 0 Å². The number of anilines is 1. The number of nitrogens with zero attached hydrogens (tertiary/aromatic N) is 1. The number of urea groups is 1. The summed E-state index contributed by atoms with van der Waals surface area (Å²) in [5, 5.41) is 12.1. The normalized spacial score (nSPS) is 21.0. The molecule has 2 unspecified atom stereocenters. The molecule has 2 rings (SSSR count). The van der Waals surface area contributed by atoms with E-state index in [1.807, 2.05) is 0 Å². The number of hydrogen-bond donors (Lipinski definition) is 2. The maximum absolute atomic E-state index is 12.3. The predicted octanol–water partition coefficient (Wildman–Crippen LogP) is 2.10. The standard InChI is InChI=1S/C15H20N2O4/c1-17(13-6-4-3-5-12(13)14(18)19)15(20)16-10-7-8-11(9-10)21-2/h3-6,10-11H,7-9H2,1-2H3,(H,16,20)(H,18,19). The molecule has 1 saturated carbocycles. The van der Waals surface area contributed by atoms with Crippen LogP contribution >= 0.6 is 0 Å². The molecule has 2 N–H and O–H groups in total. The minimum atomic E-state index is -1.05. The van der Waals surface area contributed by atoms with Crippen molar-refractivity contribution in [3.63, 3.8) is 0 Å². The van der Waals surface area contributed by atoms with Gasteiger partial charge in [-0.05, 0) is 31.4 Å². The molecule has 6 nitrogen and oxygen atoms in total. The van der Waals surface area contributed by atoms with Gasteiger partial charge in [0.05, 0.1) is 17.4 Å². The molecule has 1 aromatic rings. The first kappa shape index (κ1) is 15.3. The molecule has 1 fully saturated rings. The summed E-state index contributed by atoms with van der Waals surface area (Å²) in [6, 6.07) is 6.22. The van der Waals surface area contributed by atoms with Crippen molar-refractivity contribution in [1.82, 2.24) is 5.32 Å². The SMILES string of the molecule is COC1CCC(NC(=O)N(C)c2ccccc2C(=O)O)C1. The van der Waals surface area contributed by atoms with Gasteiger partial charge in [-0.3, -0.25) is 4.90 Å². The monoisotopic (exact) mass is 292 g/mol. The molecule has 0 saturated heterocycles. The van der Waals surface area contributed by atoms with E-state index in [0.29, 0.717) is 5.69 Å². The largest absolute Gasteiger partial charge is 0.478 e. The molecule has 1 aliphatic rings. The van der Waals surface area contributed by atoms with Crippen molar-refractivity contribution in [3.05, 3.63) is 29.8 Å². The van der Waals surface area contributed by atoms with Gasteiger partial charge in [-0.15, -0.1) is 0 Å². The van der Waals surface area contributed by atoms with Crippen LogP contribution in [0, 0.1) is 0 Å². The van der Waals surface area contributed by atoms with Crippen molar-refractivity contribution in [2.45, 2.75) is 31.4 Å². The van der Waals surface area contributed by atoms with Gasteiger partial charge in [-0.1, -0.05) is 12.1 Å². The highest BCUT2D eigenvalue weighted by Gasteiger charge is 2.27. The summed E-state index contributed by atoms with van der Waals surface area (Å²) >= 11 is 0. The lowest BCUT2D eigenvalue weighted by atomic mass is 10.1. The van der Waals surface area contributed by atoms with Gasteiger partial charge in [0.15, 0.2) is 0 Å². The number of nitrogens with one attached hydrogen (secondary N) is 1. The number of para-hydroxylation sites is 1. The lowest BCUT2D eigenvalue weighted by molar-refractivity contribution is 0.0697. The molecular formula is C15H20N2O4. The Hall–Kier alpha value is -2.08. The number of carboxylic acids is 1. The van der Waals surface area contributed by atoms with Crippen molar-refractivity contribution < 1.29 is 19.4 Å². The molecule has 0 radical (unpaired) electrons. The third-order valence-corrected chi connectivity index (χ3v) is 3.85. The number of methoxy groups -OCH3 is 1. The number of hydrogen-bond acceptors (Lipinski definition) is 3. The fraction of sp³-hybridized carbons (Fsp3) is 0.467. The highest BCUT2D eigenvalue weighted by molar-refractivity contribution is 6.01. The van der Waals surface area contributed by atoms with Gasteiger partial charge >= 0.3 is 12.0 Å². The van der Waals surface area contributed by atoms with E-state index in [2.05, 4.69) is 5.32 Å². The van der Waals surface area contributed by atoms with Crippen LogP contribution < -0.4 is 10.2 Å². The Bertz CT molecular complexity index is 532. The summed E-state index contributed by atoms with van der Waals surface area (Å²) in [5.74, 6) is -1.05. The average molecular weight is 292 g/mol. The summed E-state index contributed by atoms with van der Waals surface area (Å²) < 4.78 is 5.28. The summed E-state index contributed by atoms with van der Waals surface area (Å²) in [7, 11) is 3.24. The first-order valence-corrected chi connectivity index (χ1v) is 6.92. The Balaban J connectivity index is 2.05. The molecule has 0 heterocycles. The second kappa shape index (κ2) is 6.58. The second-order valence-electron chi connectivity index (χ2n) is 5.20. The third kappa shape index (κ3) is 3.52. The summed E-state index contributed by atoms with van der Waals surface area (Å²) in [4.78, 5) is 24.8. The molecule has 1 aromatic carbocycles. The molecule has 0 aromatic heterocycles. The van der Waals surface area contributed by atoms with Crippen LogP contribution in [0.1, 0.15) is 29.6 Å². The van der Waals surface area contributed by atoms with Crippen molar-refractivity contribution in [3.8, 4) is 0 Å². The summed E-state index contributed by atoms with van der Waals surface area (Å²) in [6.45, 7) is 0. The Kier molecular flexibility index (Phi) is 4.80. The first-order valence-electron chi connectivity index (χ1n) is 6.92. The molecule has 114 valence electrons. The van der Waals surface area contributed by atoms with Gasteiger partial charge in [-0.25, -0.2) is 9.59 Å². The van der Waals surface area contributed by atoms with E-state index in [1.54, 1.807) is 32.4 Å². The van der Waals surface area contributed by atoms with Crippen LogP contribution in [-0.4, -0.2) is 43.4 Å². The van der Waals surface area contributed by atoms with Crippen molar-refractivity contribution in [2.75, 3.05) is 19.1 Å². The van der Waals surface area contributed by atoms with E-state index in [4.69, 9.17) is 4.74 Å². The van der Waals surface area contributed by atoms with Crippen molar-refractivity contribution >= 4 is 17.7 Å². The number of carbonyl (C=O) groups excluding carboxylic acids is 1. The molecule has 6 heteroatoms. The van der Waals surface area contributed by atoms with Gasteiger partial charge in [0, 0.05) is 20.2 Å². The second-order valence-corrected chi connectivity index (χ2v) is 5.20. The number of amides is 2. The molecule has 0 aliphatic heterocycles. The Morgan fingerprint density at radius 2 is 2.05 bits per heavy atom. The van der Waals surface area contributed by atoms with E-state index >= 15 is 0 Å². The van der Waals surface area contributed by atoms with Crippen LogP contribution in [0.15, 0.2) is 24.3 Å². The van der Waals surface area contributed by atoms with Gasteiger partial charge in [0.25, 0.3) is 0 Å². The van der Waals surface area contributed by atoms with Crippen LogP contribution in [0.4, 0.5) is 10.5 Å². The van der Waals surface area contributed by atoms with E-state index in [9.17, 15) is 14.7 Å². The number of rotatable bonds is 4. The minimum absolute atomic E-state index is 0.0712. The highest BCUT2D eigenvalue weighted by atomic mass is 16.5. The van der Waals surface area contributed by atoms with E-state index < -0.39 is 5.97 Å². The number of benzene rings is 1. The van der Waals surface area contributed by atoms with Gasteiger partial charge < -0.3 is 15.2 Å². The Labute approximate surface area is 123 Å². The summed E-state index contributed by atoms with van der Waals surface area (Å²) in [5.41, 5.74) is 0.486. The maximum Gasteiger partial charge on any atom is 0.337 e. The molecule has 1 aliphatic carbocycles. The van der Waals surface area contributed by atoms with Crippen LogP contribution in [0.3, 0.4) is 0 Å². The Morgan fingerprint density at radius 1 is 1.33 bits per heavy atom. The fourth-order valence-corrected chi connectivity index (χ4v) is 2.61. The summed E-state index contributed by atoms with van der Waals surface area (Å²) in [6.07, 6.45) is 2.78.